The molecule has 0 heterocycles. The molecule has 0 unspecified atom stereocenters. The smallest absolute Gasteiger partial charge is 0.409 e. The summed E-state index contributed by atoms with van der Waals surface area (Å²) in [6, 6.07) is 17.1. The number of ether oxygens (including phenoxy) is 1. The van der Waals surface area contributed by atoms with Crippen LogP contribution in [0.1, 0.15) is 12.5 Å². The zero-order chi connectivity index (χ0) is 15.8. The lowest BCUT2D eigenvalue weighted by Gasteiger charge is -2.22. The normalized spacial score (nSPS) is 10.8. The van der Waals surface area contributed by atoms with E-state index in [1.807, 2.05) is 61.5 Å². The monoisotopic (exact) mass is 296 g/mol. The van der Waals surface area contributed by atoms with Gasteiger partial charge in [0.2, 0.25) is 5.39 Å². The molecule has 0 radical (unpaired) electrons. The second-order valence-electron chi connectivity index (χ2n) is 4.60. The number of aliphatic hydroxyl groups excluding tert-OH is 1. The van der Waals surface area contributed by atoms with Gasteiger partial charge in [0.15, 0.2) is 4.98 Å². The van der Waals surface area contributed by atoms with Gasteiger partial charge in [-0.05, 0) is 36.8 Å². The van der Waals surface area contributed by atoms with Crippen molar-refractivity contribution in [2.24, 2.45) is 0 Å². The predicted octanol–water partition coefficient (Wildman–Crippen LogP) is 4.30. The molecular weight excluding hydrogens is 278 g/mol. The van der Waals surface area contributed by atoms with Crippen LogP contribution in [0.4, 0.5) is 5.69 Å². The largest absolute Gasteiger partial charge is 0.494 e. The van der Waals surface area contributed by atoms with Crippen LogP contribution in [-0.4, -0.2) is 11.7 Å². The molecule has 22 heavy (non-hydrogen) atoms. The standard InChI is InChI=1S/C17H17N3O2/c1-2-22-16-10-8-15(9-11-16)20(17(21)12-19-18)13-14-6-4-3-5-7-14/h3-12H,2,13H2,1H3/p+1/b17-12+. The van der Waals surface area contributed by atoms with E-state index < -0.39 is 0 Å². The zero-order valence-electron chi connectivity index (χ0n) is 12.4. The lowest BCUT2D eigenvalue weighted by atomic mass is 10.2. The van der Waals surface area contributed by atoms with Crippen molar-refractivity contribution < 1.29 is 9.84 Å². The van der Waals surface area contributed by atoms with Crippen LogP contribution < -0.4 is 9.64 Å². The van der Waals surface area contributed by atoms with Crippen LogP contribution in [0.3, 0.4) is 0 Å². The first-order chi connectivity index (χ1) is 10.7. The van der Waals surface area contributed by atoms with Gasteiger partial charge in [-0.15, -0.1) is 0 Å². The van der Waals surface area contributed by atoms with Crippen LogP contribution in [0.25, 0.3) is 4.98 Å². The minimum Gasteiger partial charge on any atom is -0.494 e. The van der Waals surface area contributed by atoms with Gasteiger partial charge in [0.25, 0.3) is 5.88 Å². The molecule has 0 aliphatic carbocycles. The molecule has 0 atom stereocenters. The summed E-state index contributed by atoms with van der Waals surface area (Å²) < 4.78 is 5.41. The van der Waals surface area contributed by atoms with Crippen molar-refractivity contribution in [1.29, 1.82) is 5.39 Å². The molecule has 0 aliphatic rings. The van der Waals surface area contributed by atoms with Crippen molar-refractivity contribution in [2.75, 3.05) is 11.5 Å². The summed E-state index contributed by atoms with van der Waals surface area (Å²) in [6.07, 6.45) is 0.999. The summed E-state index contributed by atoms with van der Waals surface area (Å²) in [5.74, 6) is 0.622. The van der Waals surface area contributed by atoms with Gasteiger partial charge in [-0.3, -0.25) is 0 Å². The average molecular weight is 296 g/mol. The fourth-order valence-electron chi connectivity index (χ4n) is 2.08. The molecule has 0 fully saturated rings. The third-order valence-corrected chi connectivity index (χ3v) is 3.09. The van der Waals surface area contributed by atoms with Crippen LogP contribution in [-0.2, 0) is 6.54 Å². The topological polar surface area (TPSA) is 60.9 Å². The highest BCUT2D eigenvalue weighted by molar-refractivity contribution is 5.53. The third-order valence-electron chi connectivity index (χ3n) is 3.09. The maximum atomic E-state index is 10.1. The third kappa shape index (κ3) is 4.00. The van der Waals surface area contributed by atoms with Gasteiger partial charge < -0.3 is 14.7 Å². The first kappa shape index (κ1) is 15.4. The zero-order valence-corrected chi connectivity index (χ0v) is 12.4. The Kier molecular flexibility index (Phi) is 5.38. The van der Waals surface area contributed by atoms with Crippen LogP contribution in [0.5, 0.6) is 5.75 Å². The van der Waals surface area contributed by atoms with E-state index in [-0.39, 0.29) is 5.88 Å². The van der Waals surface area contributed by atoms with Gasteiger partial charge in [-0.1, -0.05) is 30.3 Å². The SMILES string of the molecule is CCOc1ccc(N(Cc2ccccc2)/C(O)=C\[N+]#N)cc1. The van der Waals surface area contributed by atoms with Gasteiger partial charge in [-0.2, -0.15) is 0 Å². The maximum absolute atomic E-state index is 10.1. The van der Waals surface area contributed by atoms with E-state index in [1.165, 1.54) is 0 Å². The summed E-state index contributed by atoms with van der Waals surface area (Å²) in [6.45, 7) is 2.97. The average Bonchev–Trinajstić information content (AvgIpc) is 2.55. The van der Waals surface area contributed by atoms with E-state index in [9.17, 15) is 5.11 Å². The Morgan fingerprint density at radius 3 is 2.45 bits per heavy atom. The number of anilines is 1. The second-order valence-corrected chi connectivity index (χ2v) is 4.60. The summed E-state index contributed by atoms with van der Waals surface area (Å²) in [4.78, 5) is 4.54. The summed E-state index contributed by atoms with van der Waals surface area (Å²) in [5, 5.41) is 18.8. The summed E-state index contributed by atoms with van der Waals surface area (Å²) >= 11 is 0. The lowest BCUT2D eigenvalue weighted by Crippen LogP contribution is -2.21. The number of rotatable bonds is 6. The molecule has 0 spiro atoms. The molecule has 2 aromatic carbocycles. The van der Waals surface area contributed by atoms with E-state index in [0.717, 1.165) is 23.2 Å². The maximum Gasteiger partial charge on any atom is 0.409 e. The molecule has 2 aromatic rings. The van der Waals surface area contributed by atoms with E-state index in [1.54, 1.807) is 4.90 Å². The molecule has 2 rings (SSSR count). The quantitative estimate of drug-likeness (QED) is 0.637. The Labute approximate surface area is 129 Å². The molecular formula is C17H18N3O2+. The van der Waals surface area contributed by atoms with E-state index in [4.69, 9.17) is 10.1 Å². The Hall–Kier alpha value is -3.00. The van der Waals surface area contributed by atoms with E-state index in [2.05, 4.69) is 4.98 Å². The molecule has 0 saturated heterocycles. The number of aliphatic hydroxyl groups is 1. The fourth-order valence-corrected chi connectivity index (χ4v) is 2.08. The van der Waals surface area contributed by atoms with Crippen molar-refractivity contribution in [3.8, 4) is 5.75 Å². The number of benzene rings is 2. The van der Waals surface area contributed by atoms with Crippen molar-refractivity contribution in [3.63, 3.8) is 0 Å². The Morgan fingerprint density at radius 1 is 1.18 bits per heavy atom. The molecule has 0 aromatic heterocycles. The second kappa shape index (κ2) is 7.70. The molecule has 112 valence electrons. The minimum absolute atomic E-state index is 0.143. The first-order valence-electron chi connectivity index (χ1n) is 7.02. The van der Waals surface area contributed by atoms with E-state index >= 15 is 0 Å². The Bertz CT molecular complexity index is 661. The molecule has 0 bridgehead atoms. The molecule has 5 nitrogen and oxygen atoms in total. The molecule has 0 amide bonds. The highest BCUT2D eigenvalue weighted by atomic mass is 16.5. The van der Waals surface area contributed by atoms with Gasteiger partial charge in [-0.25, -0.2) is 0 Å². The summed E-state index contributed by atoms with van der Waals surface area (Å²) in [5.41, 5.74) is 1.79. The van der Waals surface area contributed by atoms with E-state index in [0.29, 0.717) is 13.2 Å². The van der Waals surface area contributed by atoms with Crippen molar-refractivity contribution in [2.45, 2.75) is 13.5 Å². The molecule has 0 saturated carbocycles. The van der Waals surface area contributed by atoms with Crippen molar-refractivity contribution in [1.82, 2.24) is 0 Å². The Morgan fingerprint density at radius 2 is 1.86 bits per heavy atom. The fraction of sp³-hybridized carbons (Fsp3) is 0.176. The van der Waals surface area contributed by atoms with Crippen molar-refractivity contribution >= 4 is 5.69 Å². The first-order valence-corrected chi connectivity index (χ1v) is 7.02. The van der Waals surface area contributed by atoms with Crippen LogP contribution >= 0.6 is 0 Å². The van der Waals surface area contributed by atoms with Gasteiger partial charge >= 0.3 is 6.20 Å². The number of nitrogens with zero attached hydrogens (tertiary/aromatic N) is 3. The molecule has 0 aliphatic heterocycles. The molecule has 5 heteroatoms. The van der Waals surface area contributed by atoms with Crippen molar-refractivity contribution in [3.05, 3.63) is 77.2 Å². The van der Waals surface area contributed by atoms with Crippen LogP contribution in [0.15, 0.2) is 66.7 Å². The van der Waals surface area contributed by atoms with Crippen LogP contribution in [0, 0.1) is 5.39 Å². The number of diazo groups is 1. The Balaban J connectivity index is 2.28. The number of hydrogen-bond acceptors (Lipinski definition) is 4. The van der Waals surface area contributed by atoms with Gasteiger partial charge in [0, 0.05) is 5.69 Å². The highest BCUT2D eigenvalue weighted by Gasteiger charge is 2.15. The number of hydrogen-bond donors (Lipinski definition) is 1. The minimum atomic E-state index is -0.143. The molecule has 1 N–H and O–H groups in total. The highest BCUT2D eigenvalue weighted by Crippen LogP contribution is 2.24. The van der Waals surface area contributed by atoms with Gasteiger partial charge in [0.05, 0.1) is 13.2 Å². The predicted molar refractivity (Wildman–Crippen MR) is 86.0 cm³/mol. The summed E-state index contributed by atoms with van der Waals surface area (Å²) in [7, 11) is 0. The lowest BCUT2D eigenvalue weighted by molar-refractivity contribution is 0.340. The van der Waals surface area contributed by atoms with Gasteiger partial charge in [0.1, 0.15) is 5.75 Å². The van der Waals surface area contributed by atoms with Crippen LogP contribution in [0.2, 0.25) is 0 Å².